The molecule has 4 nitrogen and oxygen atoms in total. The first kappa shape index (κ1) is 14.0. The van der Waals surface area contributed by atoms with Crippen LogP contribution < -0.4 is 5.32 Å². The molecule has 2 atom stereocenters. The van der Waals surface area contributed by atoms with E-state index in [1.807, 2.05) is 0 Å². The standard InChI is InChI=1S/C13H13BrFNO3/c14-10-5-4-7(15)6-9(10)12(17)16-11-3-1-2-8(11)13(18)19/h4-6,8,11H,1-3H2,(H,16,17)(H,18,19)/t8-,11+/m1/s1. The number of carbonyl (C=O) groups excluding carboxylic acids is 1. The Labute approximate surface area is 118 Å². The summed E-state index contributed by atoms with van der Waals surface area (Å²) in [5, 5.41) is 11.7. The molecule has 1 aromatic carbocycles. The van der Waals surface area contributed by atoms with Crippen LogP contribution in [0.1, 0.15) is 29.6 Å². The minimum atomic E-state index is -0.902. The van der Waals surface area contributed by atoms with Crippen LogP contribution in [0.25, 0.3) is 0 Å². The van der Waals surface area contributed by atoms with Crippen LogP contribution in [0.15, 0.2) is 22.7 Å². The number of benzene rings is 1. The van der Waals surface area contributed by atoms with E-state index in [0.717, 1.165) is 12.5 Å². The Kier molecular flexibility index (Phi) is 4.19. The zero-order chi connectivity index (χ0) is 14.0. The molecule has 19 heavy (non-hydrogen) atoms. The van der Waals surface area contributed by atoms with Crippen LogP contribution in [0.3, 0.4) is 0 Å². The molecule has 2 N–H and O–H groups in total. The number of hydrogen-bond acceptors (Lipinski definition) is 2. The number of halogens is 2. The fourth-order valence-corrected chi connectivity index (χ4v) is 2.77. The van der Waals surface area contributed by atoms with Crippen LogP contribution in [-0.2, 0) is 4.79 Å². The van der Waals surface area contributed by atoms with Gasteiger partial charge in [0.2, 0.25) is 0 Å². The van der Waals surface area contributed by atoms with Gasteiger partial charge < -0.3 is 10.4 Å². The number of amides is 1. The predicted molar refractivity (Wildman–Crippen MR) is 70.3 cm³/mol. The Morgan fingerprint density at radius 1 is 1.37 bits per heavy atom. The average Bonchev–Trinajstić information content (AvgIpc) is 2.80. The average molecular weight is 330 g/mol. The Hall–Kier alpha value is -1.43. The van der Waals surface area contributed by atoms with Crippen LogP contribution in [0, 0.1) is 11.7 Å². The van der Waals surface area contributed by atoms with E-state index in [2.05, 4.69) is 21.2 Å². The highest BCUT2D eigenvalue weighted by atomic mass is 79.9. The molecule has 2 rings (SSSR count). The summed E-state index contributed by atoms with van der Waals surface area (Å²) in [4.78, 5) is 23.1. The van der Waals surface area contributed by atoms with Gasteiger partial charge in [-0.2, -0.15) is 0 Å². The normalized spacial score (nSPS) is 22.2. The number of hydrogen-bond donors (Lipinski definition) is 2. The Morgan fingerprint density at radius 3 is 2.79 bits per heavy atom. The lowest BCUT2D eigenvalue weighted by Gasteiger charge is -2.18. The van der Waals surface area contributed by atoms with Gasteiger partial charge in [0, 0.05) is 10.5 Å². The molecule has 0 heterocycles. The highest BCUT2D eigenvalue weighted by molar-refractivity contribution is 9.10. The second-order valence-electron chi connectivity index (χ2n) is 4.58. The molecule has 0 radical (unpaired) electrons. The van der Waals surface area contributed by atoms with Gasteiger partial charge in [-0.15, -0.1) is 0 Å². The highest BCUT2D eigenvalue weighted by Crippen LogP contribution is 2.27. The van der Waals surface area contributed by atoms with Crippen molar-refractivity contribution in [3.63, 3.8) is 0 Å². The highest BCUT2D eigenvalue weighted by Gasteiger charge is 2.34. The van der Waals surface area contributed by atoms with Crippen molar-refractivity contribution in [2.45, 2.75) is 25.3 Å². The van der Waals surface area contributed by atoms with Gasteiger partial charge in [0.05, 0.1) is 11.5 Å². The lowest BCUT2D eigenvalue weighted by atomic mass is 10.0. The van der Waals surface area contributed by atoms with Crippen molar-refractivity contribution in [1.82, 2.24) is 5.32 Å². The topological polar surface area (TPSA) is 66.4 Å². The largest absolute Gasteiger partial charge is 0.481 e. The number of carbonyl (C=O) groups is 2. The van der Waals surface area contributed by atoms with Gasteiger partial charge in [0.1, 0.15) is 5.82 Å². The summed E-state index contributed by atoms with van der Waals surface area (Å²) in [5.74, 6) is -2.42. The first-order valence-corrected chi connectivity index (χ1v) is 6.77. The van der Waals surface area contributed by atoms with Gasteiger partial charge in [-0.1, -0.05) is 6.42 Å². The van der Waals surface area contributed by atoms with Crippen molar-refractivity contribution >= 4 is 27.8 Å². The zero-order valence-corrected chi connectivity index (χ0v) is 11.6. The number of carboxylic acid groups (broad SMARTS) is 1. The molecule has 0 saturated heterocycles. The summed E-state index contributed by atoms with van der Waals surface area (Å²) in [6.07, 6.45) is 1.96. The summed E-state index contributed by atoms with van der Waals surface area (Å²) >= 11 is 3.18. The minimum Gasteiger partial charge on any atom is -0.481 e. The van der Waals surface area contributed by atoms with E-state index in [1.165, 1.54) is 12.1 Å². The van der Waals surface area contributed by atoms with E-state index in [-0.39, 0.29) is 11.6 Å². The molecule has 0 aromatic heterocycles. The van der Waals surface area contributed by atoms with Crippen molar-refractivity contribution in [2.24, 2.45) is 5.92 Å². The van der Waals surface area contributed by atoms with Crippen LogP contribution in [-0.4, -0.2) is 23.0 Å². The first-order chi connectivity index (χ1) is 8.99. The molecule has 0 bridgehead atoms. The maximum absolute atomic E-state index is 13.1. The molecule has 1 saturated carbocycles. The van der Waals surface area contributed by atoms with E-state index >= 15 is 0 Å². The summed E-state index contributed by atoms with van der Waals surface area (Å²) in [6, 6.07) is 3.44. The Balaban J connectivity index is 2.12. The molecule has 0 aliphatic heterocycles. The summed E-state index contributed by atoms with van der Waals surface area (Å²) in [6.45, 7) is 0. The lowest BCUT2D eigenvalue weighted by molar-refractivity contribution is -0.142. The third kappa shape index (κ3) is 3.12. The molecule has 1 aliphatic rings. The van der Waals surface area contributed by atoms with Crippen LogP contribution in [0.5, 0.6) is 0 Å². The maximum Gasteiger partial charge on any atom is 0.308 e. The lowest BCUT2D eigenvalue weighted by Crippen LogP contribution is -2.40. The third-order valence-electron chi connectivity index (χ3n) is 3.32. The molecular weight excluding hydrogens is 317 g/mol. The van der Waals surface area contributed by atoms with Gasteiger partial charge in [-0.25, -0.2) is 4.39 Å². The van der Waals surface area contributed by atoms with Crippen LogP contribution >= 0.6 is 15.9 Å². The van der Waals surface area contributed by atoms with Gasteiger partial charge in [-0.05, 0) is 47.0 Å². The van der Waals surface area contributed by atoms with Gasteiger partial charge in [-0.3, -0.25) is 9.59 Å². The van der Waals surface area contributed by atoms with Crippen molar-refractivity contribution < 1.29 is 19.1 Å². The van der Waals surface area contributed by atoms with E-state index in [0.29, 0.717) is 17.3 Å². The smallest absolute Gasteiger partial charge is 0.308 e. The van der Waals surface area contributed by atoms with Crippen molar-refractivity contribution in [1.29, 1.82) is 0 Å². The van der Waals surface area contributed by atoms with Crippen molar-refractivity contribution in [3.05, 3.63) is 34.1 Å². The quantitative estimate of drug-likeness (QED) is 0.895. The van der Waals surface area contributed by atoms with Crippen molar-refractivity contribution in [2.75, 3.05) is 0 Å². The Morgan fingerprint density at radius 2 is 2.11 bits per heavy atom. The van der Waals surface area contributed by atoms with E-state index in [1.54, 1.807) is 0 Å². The molecule has 6 heteroatoms. The third-order valence-corrected chi connectivity index (χ3v) is 4.01. The molecule has 1 amide bonds. The monoisotopic (exact) mass is 329 g/mol. The Bertz CT molecular complexity index is 521. The zero-order valence-electron chi connectivity index (χ0n) is 10.0. The van der Waals surface area contributed by atoms with E-state index < -0.39 is 23.6 Å². The number of rotatable bonds is 3. The summed E-state index contributed by atoms with van der Waals surface area (Å²) < 4.78 is 13.6. The van der Waals surface area contributed by atoms with Gasteiger partial charge in [0.25, 0.3) is 5.91 Å². The SMILES string of the molecule is O=C(N[C@H]1CCC[C@H]1C(=O)O)c1cc(F)ccc1Br. The van der Waals surface area contributed by atoms with Crippen LogP contribution in [0.4, 0.5) is 4.39 Å². The van der Waals surface area contributed by atoms with Gasteiger partial charge in [0.15, 0.2) is 0 Å². The molecule has 1 aromatic rings. The fourth-order valence-electron chi connectivity index (χ4n) is 2.35. The second kappa shape index (κ2) is 5.69. The number of carboxylic acids is 1. The first-order valence-electron chi connectivity index (χ1n) is 5.98. The van der Waals surface area contributed by atoms with Crippen molar-refractivity contribution in [3.8, 4) is 0 Å². The fraction of sp³-hybridized carbons (Fsp3) is 0.385. The second-order valence-corrected chi connectivity index (χ2v) is 5.43. The van der Waals surface area contributed by atoms with E-state index in [9.17, 15) is 14.0 Å². The molecular formula is C13H13BrFNO3. The molecule has 102 valence electrons. The molecule has 1 aliphatic carbocycles. The maximum atomic E-state index is 13.1. The predicted octanol–water partition coefficient (Wildman–Crippen LogP) is 2.57. The molecule has 0 spiro atoms. The summed E-state index contributed by atoms with van der Waals surface area (Å²) in [5.41, 5.74) is 0.177. The van der Waals surface area contributed by atoms with E-state index in [4.69, 9.17) is 5.11 Å². The number of aliphatic carboxylic acids is 1. The van der Waals surface area contributed by atoms with Crippen LogP contribution in [0.2, 0.25) is 0 Å². The molecule has 0 unspecified atom stereocenters. The minimum absolute atomic E-state index is 0.177. The number of nitrogens with one attached hydrogen (secondary N) is 1. The molecule has 1 fully saturated rings. The van der Waals surface area contributed by atoms with Gasteiger partial charge >= 0.3 is 5.97 Å². The summed E-state index contributed by atoms with van der Waals surface area (Å²) in [7, 11) is 0.